The second-order valence-corrected chi connectivity index (χ2v) is 14.4. The maximum Gasteiger partial charge on any atom is 0.434 e. The number of ether oxygens (including phenoxy) is 1. The van der Waals surface area contributed by atoms with Gasteiger partial charge >= 0.3 is 25.7 Å². The molecule has 0 aliphatic carbocycles. The lowest BCUT2D eigenvalue weighted by Crippen LogP contribution is -2.27. The Balaban J connectivity index is 0.000000423. The minimum absolute atomic E-state index is 0.103. The third-order valence-corrected chi connectivity index (χ3v) is 7.02. The molecule has 0 spiro atoms. The molecule has 50 heavy (non-hydrogen) atoms. The summed E-state index contributed by atoms with van der Waals surface area (Å²) in [6.07, 6.45) is -5.74. The Morgan fingerprint density at radius 3 is 2.14 bits per heavy atom. The number of anilines is 2. The highest BCUT2D eigenvalue weighted by Gasteiger charge is 2.39. The lowest BCUT2D eigenvalue weighted by molar-refractivity contribution is -0.144. The van der Waals surface area contributed by atoms with Crippen LogP contribution in [0.15, 0.2) is 16.6 Å². The van der Waals surface area contributed by atoms with Crippen LogP contribution < -0.4 is 16.0 Å². The van der Waals surface area contributed by atoms with Crippen molar-refractivity contribution in [2.75, 3.05) is 30.0 Å². The fraction of sp³-hybridized carbons (Fsp3) is 0.481. The van der Waals surface area contributed by atoms with Crippen LogP contribution in [-0.4, -0.2) is 82.6 Å². The Labute approximate surface area is 302 Å². The zero-order valence-electron chi connectivity index (χ0n) is 27.7. The molecule has 3 rings (SSSR count). The zero-order chi connectivity index (χ0) is 38.8. The quantitative estimate of drug-likeness (QED) is 0.0764. The van der Waals surface area contributed by atoms with Gasteiger partial charge in [0.1, 0.15) is 11.5 Å². The molecular formula is C27H36BrCl2F4N8O7P. The number of rotatable bonds is 10. The van der Waals surface area contributed by atoms with E-state index in [9.17, 15) is 31.7 Å². The first-order valence-corrected chi connectivity index (χ1v) is 17.5. The molecule has 0 bridgehead atoms. The number of carbonyl (C=O) groups is 2. The number of esters is 1. The maximum absolute atomic E-state index is 14.3. The second-order valence-electron chi connectivity index (χ2n) is 11.2. The number of hydrogen-bond donors (Lipinski definition) is 6. The number of carboxylic acids is 1. The number of aromatic nitrogens is 5. The predicted molar refractivity (Wildman–Crippen MR) is 182 cm³/mol. The van der Waals surface area contributed by atoms with Crippen LogP contribution in [-0.2, 0) is 27.3 Å². The van der Waals surface area contributed by atoms with E-state index >= 15 is 0 Å². The van der Waals surface area contributed by atoms with Crippen molar-refractivity contribution in [3.63, 3.8) is 0 Å². The average molecular weight is 842 g/mol. The van der Waals surface area contributed by atoms with E-state index in [1.54, 1.807) is 13.8 Å². The molecule has 0 fully saturated rings. The Kier molecular flexibility index (Phi) is 17.0. The summed E-state index contributed by atoms with van der Waals surface area (Å²) in [5.74, 6) is -1.90. The first-order valence-electron chi connectivity index (χ1n) is 14.2. The van der Waals surface area contributed by atoms with Gasteiger partial charge in [0.15, 0.2) is 5.69 Å². The van der Waals surface area contributed by atoms with Gasteiger partial charge in [0.2, 0.25) is 17.2 Å². The van der Waals surface area contributed by atoms with E-state index in [1.165, 1.54) is 0 Å². The number of carboxylic acid groups (broad SMARTS) is 1. The minimum atomic E-state index is -4.69. The largest absolute Gasteiger partial charge is 0.480 e. The third-order valence-electron chi connectivity index (χ3n) is 5.16. The highest BCUT2D eigenvalue weighted by molar-refractivity contribution is 9.10. The van der Waals surface area contributed by atoms with Gasteiger partial charge in [-0.25, -0.2) is 9.18 Å². The molecule has 2 heterocycles. The van der Waals surface area contributed by atoms with E-state index in [4.69, 9.17) is 42.8 Å². The van der Waals surface area contributed by atoms with Gasteiger partial charge in [-0.15, -0.1) is 0 Å². The van der Waals surface area contributed by atoms with Crippen molar-refractivity contribution in [1.29, 1.82) is 0 Å². The Morgan fingerprint density at radius 2 is 1.68 bits per heavy atom. The van der Waals surface area contributed by atoms with Crippen molar-refractivity contribution in [3.05, 3.63) is 44.0 Å². The number of nitrogens with one attached hydrogen (secondary N) is 3. The number of carbonyl (C=O) groups excluding carboxylic acids is 1. The minimum Gasteiger partial charge on any atom is -0.480 e. The molecule has 0 saturated carbocycles. The third kappa shape index (κ3) is 15.8. The molecule has 23 heteroatoms. The van der Waals surface area contributed by atoms with Gasteiger partial charge in [0.25, 0.3) is 0 Å². The summed E-state index contributed by atoms with van der Waals surface area (Å²) in [6.45, 7) is 11.6. The Morgan fingerprint density at radius 1 is 1.10 bits per heavy atom. The van der Waals surface area contributed by atoms with Crippen LogP contribution in [0.25, 0.3) is 11.3 Å². The zero-order valence-corrected chi connectivity index (χ0v) is 31.6. The molecule has 2 aromatic heterocycles. The Bertz CT molecular complexity index is 1690. The van der Waals surface area contributed by atoms with Crippen LogP contribution in [0.1, 0.15) is 57.6 Å². The summed E-state index contributed by atoms with van der Waals surface area (Å²) in [4.78, 5) is 50.3. The van der Waals surface area contributed by atoms with Gasteiger partial charge in [-0.2, -0.15) is 33.2 Å². The maximum atomic E-state index is 14.3. The van der Waals surface area contributed by atoms with Gasteiger partial charge in [0, 0.05) is 24.7 Å². The van der Waals surface area contributed by atoms with E-state index < -0.39 is 60.6 Å². The normalized spacial score (nSPS) is 11.6. The lowest BCUT2D eigenvalue weighted by Gasteiger charge is -2.20. The highest BCUT2D eigenvalue weighted by atomic mass is 79.9. The van der Waals surface area contributed by atoms with Crippen molar-refractivity contribution < 1.29 is 51.3 Å². The van der Waals surface area contributed by atoms with E-state index in [0.29, 0.717) is 16.6 Å². The summed E-state index contributed by atoms with van der Waals surface area (Å²) in [5.41, 5.74) is -1.96. The number of benzene rings is 1. The SMILES string of the molecule is CC(C)OC(=O)c1cc(-c2nn(C)c(C(F)(F)F)c2Br)c(F)cc1Cl.CCNc1nc(Cl)nc(NC(C)(C)C)n1.O=C(O)CNCP(=O)(O)O. The highest BCUT2D eigenvalue weighted by Crippen LogP contribution is 2.41. The van der Waals surface area contributed by atoms with Crippen molar-refractivity contribution >= 4 is 70.6 Å². The van der Waals surface area contributed by atoms with E-state index in [-0.39, 0.29) is 32.7 Å². The molecule has 6 N–H and O–H groups in total. The second kappa shape index (κ2) is 18.9. The molecule has 0 atom stereocenters. The molecule has 0 amide bonds. The molecule has 280 valence electrons. The molecule has 1 aromatic carbocycles. The Hall–Kier alpha value is -3.13. The monoisotopic (exact) mass is 840 g/mol. The van der Waals surface area contributed by atoms with Crippen LogP contribution in [0.5, 0.6) is 0 Å². The number of halogens is 7. The molecule has 0 saturated heterocycles. The van der Waals surface area contributed by atoms with Gasteiger partial charge in [0.05, 0.1) is 34.0 Å². The number of aliphatic carboxylic acids is 1. The smallest absolute Gasteiger partial charge is 0.434 e. The number of aryl methyl sites for hydroxylation is 1. The van der Waals surface area contributed by atoms with Crippen LogP contribution >= 0.6 is 46.7 Å². The lowest BCUT2D eigenvalue weighted by atomic mass is 10.1. The number of nitrogens with zero attached hydrogens (tertiary/aromatic N) is 5. The molecule has 0 aliphatic rings. The summed E-state index contributed by atoms with van der Waals surface area (Å²) < 4.78 is 68.7. The van der Waals surface area contributed by atoms with Gasteiger partial charge in [-0.3, -0.25) is 19.4 Å². The number of alkyl halides is 3. The first-order chi connectivity index (χ1) is 22.7. The van der Waals surface area contributed by atoms with Gasteiger partial charge < -0.3 is 30.3 Å². The van der Waals surface area contributed by atoms with Gasteiger partial charge in [-0.1, -0.05) is 11.6 Å². The molecule has 0 radical (unpaired) electrons. The standard InChI is InChI=1S/C15H12BrClF4N2O2.C9H16ClN5.C3H8NO5P/c1-6(2)25-14(24)7-4-8(10(18)5-9(7)17)12-11(16)13(15(19,20)21)23(3)22-12;1-5-11-7-12-6(10)13-8(14-7)15-9(2,3)4;5-3(6)1-4-2-10(7,8)9/h4-6H,1-3H3;5H2,1-4H3,(H2,11,12,13,14,15);4H,1-2H2,(H,5,6)(H2,7,8,9). The molecule has 0 aliphatic heterocycles. The predicted octanol–water partition coefficient (Wildman–Crippen LogP) is 6.19. The first kappa shape index (κ1) is 44.9. The summed E-state index contributed by atoms with van der Waals surface area (Å²) in [5, 5.41) is 19.9. The molecule has 3 aromatic rings. The van der Waals surface area contributed by atoms with Crippen LogP contribution in [0, 0.1) is 5.82 Å². The average Bonchev–Trinajstić information content (AvgIpc) is 3.20. The topological polar surface area (TPSA) is 214 Å². The van der Waals surface area contributed by atoms with E-state index in [1.807, 2.05) is 27.7 Å². The van der Waals surface area contributed by atoms with Crippen LogP contribution in [0.2, 0.25) is 10.3 Å². The van der Waals surface area contributed by atoms with Crippen LogP contribution in [0.3, 0.4) is 0 Å². The van der Waals surface area contributed by atoms with E-state index in [2.05, 4.69) is 51.9 Å². The van der Waals surface area contributed by atoms with Crippen LogP contribution in [0.4, 0.5) is 29.5 Å². The summed E-state index contributed by atoms with van der Waals surface area (Å²) in [6, 6.07) is 1.86. The van der Waals surface area contributed by atoms with Crippen molar-refractivity contribution in [2.24, 2.45) is 7.05 Å². The van der Waals surface area contributed by atoms with E-state index in [0.717, 1.165) is 25.7 Å². The van der Waals surface area contributed by atoms with Crippen molar-refractivity contribution in [2.45, 2.75) is 59.4 Å². The summed E-state index contributed by atoms with van der Waals surface area (Å²) >= 11 is 14.4. The number of hydrogen-bond acceptors (Lipinski definition) is 11. The fourth-order valence-corrected chi connectivity index (χ4v) is 4.99. The van der Waals surface area contributed by atoms with Gasteiger partial charge in [-0.05, 0) is 81.2 Å². The molecular weight excluding hydrogens is 806 g/mol. The molecule has 15 nitrogen and oxygen atoms in total. The molecule has 0 unspecified atom stereocenters. The summed E-state index contributed by atoms with van der Waals surface area (Å²) in [7, 11) is -3.01. The fourth-order valence-electron chi connectivity index (χ4n) is 3.43. The van der Waals surface area contributed by atoms with Crippen molar-refractivity contribution in [1.82, 2.24) is 30.0 Å². The van der Waals surface area contributed by atoms with Crippen molar-refractivity contribution in [3.8, 4) is 11.3 Å².